The third kappa shape index (κ3) is 5.75. The minimum atomic E-state index is -3.77. The molecule has 0 atom stereocenters. The van der Waals surface area contributed by atoms with Crippen molar-refractivity contribution in [1.29, 1.82) is 0 Å². The monoisotopic (exact) mass is 444 g/mol. The molecule has 0 radical (unpaired) electrons. The summed E-state index contributed by atoms with van der Waals surface area (Å²) in [6, 6.07) is 20.0. The number of anilines is 2. The van der Waals surface area contributed by atoms with E-state index in [-0.39, 0.29) is 17.2 Å². The van der Waals surface area contributed by atoms with E-state index in [1.54, 1.807) is 42.5 Å². The molecule has 0 heterocycles. The quantitative estimate of drug-likeness (QED) is 0.526. The number of amides is 1. The molecular weight excluding hydrogens is 424 g/mol. The van der Waals surface area contributed by atoms with Gasteiger partial charge in [0, 0.05) is 23.2 Å². The van der Waals surface area contributed by atoms with Gasteiger partial charge in [0.1, 0.15) is 5.75 Å². The fourth-order valence-corrected chi connectivity index (χ4v) is 4.07. The summed E-state index contributed by atoms with van der Waals surface area (Å²) in [6.07, 6.45) is 0.781. The first-order chi connectivity index (χ1) is 14.4. The number of halogens is 1. The number of nitrogens with one attached hydrogen (secondary N) is 2. The van der Waals surface area contributed by atoms with Crippen molar-refractivity contribution in [3.63, 3.8) is 0 Å². The highest BCUT2D eigenvalue weighted by Crippen LogP contribution is 2.22. The predicted molar refractivity (Wildman–Crippen MR) is 119 cm³/mol. The van der Waals surface area contributed by atoms with Crippen LogP contribution in [0.15, 0.2) is 77.7 Å². The molecule has 2 N–H and O–H groups in total. The average molecular weight is 445 g/mol. The molecule has 0 unspecified atom stereocenters. The van der Waals surface area contributed by atoms with Gasteiger partial charge in [-0.05, 0) is 54.4 Å². The van der Waals surface area contributed by atoms with E-state index in [0.717, 1.165) is 5.56 Å². The van der Waals surface area contributed by atoms with Gasteiger partial charge < -0.3 is 10.1 Å². The Morgan fingerprint density at radius 3 is 2.40 bits per heavy atom. The Labute approximate surface area is 180 Å². The zero-order valence-electron chi connectivity index (χ0n) is 16.3. The van der Waals surface area contributed by atoms with Crippen LogP contribution in [0.3, 0.4) is 0 Å². The highest BCUT2D eigenvalue weighted by Gasteiger charge is 2.15. The van der Waals surface area contributed by atoms with E-state index >= 15 is 0 Å². The van der Waals surface area contributed by atoms with E-state index in [9.17, 15) is 13.2 Å². The van der Waals surface area contributed by atoms with Crippen molar-refractivity contribution in [2.45, 2.75) is 17.7 Å². The van der Waals surface area contributed by atoms with Crippen molar-refractivity contribution in [2.75, 3.05) is 17.1 Å². The van der Waals surface area contributed by atoms with Crippen LogP contribution in [0, 0.1) is 0 Å². The number of carbonyl (C=O) groups excluding carboxylic acids is 1. The van der Waals surface area contributed by atoms with Gasteiger partial charge in [0.05, 0.1) is 17.7 Å². The molecule has 3 aromatic carbocycles. The lowest BCUT2D eigenvalue weighted by Gasteiger charge is -2.10. The summed E-state index contributed by atoms with van der Waals surface area (Å²) in [5, 5.41) is 3.39. The van der Waals surface area contributed by atoms with E-state index in [2.05, 4.69) is 10.0 Å². The van der Waals surface area contributed by atoms with E-state index in [1.165, 1.54) is 19.2 Å². The molecule has 0 aromatic heterocycles. The lowest BCUT2D eigenvalue weighted by Crippen LogP contribution is -2.14. The van der Waals surface area contributed by atoms with Gasteiger partial charge in [0.2, 0.25) is 5.91 Å². The number of benzene rings is 3. The van der Waals surface area contributed by atoms with E-state index in [1.807, 2.05) is 18.2 Å². The maximum Gasteiger partial charge on any atom is 0.261 e. The van der Waals surface area contributed by atoms with Crippen LogP contribution in [-0.2, 0) is 21.2 Å². The Kier molecular flexibility index (Phi) is 6.97. The summed E-state index contributed by atoms with van der Waals surface area (Å²) in [4.78, 5) is 12.3. The molecule has 3 aromatic rings. The minimum absolute atomic E-state index is 0.0828. The molecule has 6 nitrogen and oxygen atoms in total. The Morgan fingerprint density at radius 1 is 0.967 bits per heavy atom. The molecule has 0 spiro atoms. The summed E-state index contributed by atoms with van der Waals surface area (Å²) in [5.41, 5.74) is 1.81. The number of sulfonamides is 1. The Bertz CT molecular complexity index is 1130. The first-order valence-corrected chi connectivity index (χ1v) is 11.0. The molecule has 1 amide bonds. The minimum Gasteiger partial charge on any atom is -0.497 e. The topological polar surface area (TPSA) is 84.5 Å². The smallest absolute Gasteiger partial charge is 0.261 e. The second-order valence-corrected chi connectivity index (χ2v) is 8.59. The molecular formula is C22H21ClN2O4S. The van der Waals surface area contributed by atoms with Crippen molar-refractivity contribution in [3.8, 4) is 5.75 Å². The van der Waals surface area contributed by atoms with Gasteiger partial charge in [-0.2, -0.15) is 0 Å². The van der Waals surface area contributed by atoms with Crippen LogP contribution in [0.1, 0.15) is 12.0 Å². The summed E-state index contributed by atoms with van der Waals surface area (Å²) in [6.45, 7) is 0. The highest BCUT2D eigenvalue weighted by molar-refractivity contribution is 7.92. The van der Waals surface area contributed by atoms with Crippen LogP contribution in [-0.4, -0.2) is 21.4 Å². The summed E-state index contributed by atoms with van der Waals surface area (Å²) >= 11 is 6.10. The molecule has 156 valence electrons. The zero-order valence-corrected chi connectivity index (χ0v) is 17.8. The van der Waals surface area contributed by atoms with Crippen molar-refractivity contribution in [2.24, 2.45) is 0 Å². The number of ether oxygens (including phenoxy) is 1. The number of hydrogen-bond donors (Lipinski definition) is 2. The Morgan fingerprint density at radius 2 is 1.70 bits per heavy atom. The maximum atomic E-state index is 12.6. The molecule has 0 saturated heterocycles. The molecule has 0 saturated carbocycles. The van der Waals surface area contributed by atoms with Gasteiger partial charge in [-0.1, -0.05) is 35.9 Å². The third-order valence-electron chi connectivity index (χ3n) is 4.35. The normalized spacial score (nSPS) is 11.0. The van der Waals surface area contributed by atoms with Crippen LogP contribution in [0.5, 0.6) is 5.75 Å². The number of aryl methyl sites for hydroxylation is 1. The third-order valence-corrected chi connectivity index (χ3v) is 6.12. The number of methoxy groups -OCH3 is 1. The van der Waals surface area contributed by atoms with Gasteiger partial charge >= 0.3 is 0 Å². The largest absolute Gasteiger partial charge is 0.497 e. The fraction of sp³-hybridized carbons (Fsp3) is 0.136. The molecule has 0 aliphatic carbocycles. The SMILES string of the molecule is COc1cccc(NS(=O)(=O)c2ccc(NC(=O)CCc3ccccc3Cl)cc2)c1. The van der Waals surface area contributed by atoms with Gasteiger partial charge in [-0.25, -0.2) is 8.42 Å². The lowest BCUT2D eigenvalue weighted by atomic mass is 10.1. The molecule has 8 heteroatoms. The van der Waals surface area contributed by atoms with Gasteiger partial charge in [0.25, 0.3) is 10.0 Å². The lowest BCUT2D eigenvalue weighted by molar-refractivity contribution is -0.116. The molecule has 0 aliphatic rings. The van der Waals surface area contributed by atoms with E-state index in [4.69, 9.17) is 16.3 Å². The van der Waals surface area contributed by atoms with Crippen molar-refractivity contribution in [1.82, 2.24) is 0 Å². The summed E-state index contributed by atoms with van der Waals surface area (Å²) in [5.74, 6) is 0.366. The van der Waals surface area contributed by atoms with Gasteiger partial charge in [-0.15, -0.1) is 0 Å². The van der Waals surface area contributed by atoms with Crippen molar-refractivity contribution >= 4 is 38.9 Å². The maximum absolute atomic E-state index is 12.6. The second kappa shape index (κ2) is 9.65. The van der Waals surface area contributed by atoms with Crippen LogP contribution >= 0.6 is 11.6 Å². The first-order valence-electron chi connectivity index (χ1n) is 9.17. The van der Waals surface area contributed by atoms with Crippen molar-refractivity contribution < 1.29 is 17.9 Å². The first kappa shape index (κ1) is 21.7. The van der Waals surface area contributed by atoms with E-state index < -0.39 is 10.0 Å². The standard InChI is InChI=1S/C22H21ClN2O4S/c1-29-19-7-4-6-18(15-19)25-30(27,28)20-12-10-17(11-13-20)24-22(26)14-9-16-5-2-3-8-21(16)23/h2-8,10-13,15,25H,9,14H2,1H3,(H,24,26). The Hall–Kier alpha value is -3.03. The van der Waals surface area contributed by atoms with Crippen LogP contribution < -0.4 is 14.8 Å². The van der Waals surface area contributed by atoms with Crippen LogP contribution in [0.25, 0.3) is 0 Å². The van der Waals surface area contributed by atoms with Gasteiger partial charge in [0.15, 0.2) is 0 Å². The molecule has 30 heavy (non-hydrogen) atoms. The second-order valence-electron chi connectivity index (χ2n) is 6.50. The fourth-order valence-electron chi connectivity index (χ4n) is 2.79. The molecule has 0 bridgehead atoms. The predicted octanol–water partition coefficient (Wildman–Crippen LogP) is 4.72. The van der Waals surface area contributed by atoms with Gasteiger partial charge in [-0.3, -0.25) is 9.52 Å². The molecule has 3 rings (SSSR count). The molecule has 0 fully saturated rings. The zero-order chi connectivity index (χ0) is 21.6. The van der Waals surface area contributed by atoms with Crippen LogP contribution in [0.2, 0.25) is 5.02 Å². The number of rotatable bonds is 8. The van der Waals surface area contributed by atoms with E-state index in [0.29, 0.717) is 28.6 Å². The average Bonchev–Trinajstić information content (AvgIpc) is 2.73. The van der Waals surface area contributed by atoms with Crippen molar-refractivity contribution in [3.05, 3.63) is 83.4 Å². The number of hydrogen-bond acceptors (Lipinski definition) is 4. The summed E-state index contributed by atoms with van der Waals surface area (Å²) < 4.78 is 32.8. The highest BCUT2D eigenvalue weighted by atomic mass is 35.5. The van der Waals surface area contributed by atoms with Crippen LogP contribution in [0.4, 0.5) is 11.4 Å². The molecule has 0 aliphatic heterocycles. The Balaban J connectivity index is 1.61. The summed E-state index contributed by atoms with van der Waals surface area (Å²) in [7, 11) is -2.26. The number of carbonyl (C=O) groups is 1.